The highest BCUT2D eigenvalue weighted by molar-refractivity contribution is 5.85. The summed E-state index contributed by atoms with van der Waals surface area (Å²) in [5, 5.41) is 26.4. The molecule has 0 amide bonds. The third kappa shape index (κ3) is 4.07. The van der Waals surface area contributed by atoms with E-state index in [0.717, 1.165) is 46.5 Å². The molecule has 4 rings (SSSR count). The maximum atomic E-state index is 5.43. The third-order valence-corrected chi connectivity index (χ3v) is 5.78. The lowest BCUT2D eigenvalue weighted by molar-refractivity contribution is 0.104. The van der Waals surface area contributed by atoms with Crippen molar-refractivity contribution < 1.29 is 4.74 Å². The van der Waals surface area contributed by atoms with Gasteiger partial charge in [0.2, 0.25) is 0 Å². The summed E-state index contributed by atoms with van der Waals surface area (Å²) < 4.78 is 9.19. The maximum absolute atomic E-state index is 5.43. The highest BCUT2D eigenvalue weighted by atomic mass is 16.5. The molecular weight excluding hydrogens is 406 g/mol. The van der Waals surface area contributed by atoms with Crippen molar-refractivity contribution >= 4 is 16.6 Å². The Balaban J connectivity index is 1.79. The number of methoxy groups -OCH3 is 1. The van der Waals surface area contributed by atoms with E-state index in [1.54, 1.807) is 7.11 Å². The normalized spacial score (nSPS) is 13.5. The summed E-state index contributed by atoms with van der Waals surface area (Å²) in [6.45, 7) is 12.5. The van der Waals surface area contributed by atoms with Crippen molar-refractivity contribution in [3.05, 3.63) is 41.2 Å². The summed E-state index contributed by atoms with van der Waals surface area (Å²) in [4.78, 5) is 2.35. The van der Waals surface area contributed by atoms with Gasteiger partial charge < -0.3 is 4.74 Å². The van der Waals surface area contributed by atoms with Crippen LogP contribution in [-0.4, -0.2) is 65.4 Å². The first-order chi connectivity index (χ1) is 15.3. The molecule has 1 atom stereocenters. The van der Waals surface area contributed by atoms with Crippen LogP contribution in [-0.2, 0) is 16.8 Å². The molecule has 0 fully saturated rings. The molecule has 4 aromatic rings. The molecule has 0 N–H and O–H groups in total. The van der Waals surface area contributed by atoms with Crippen LogP contribution in [0.3, 0.4) is 0 Å². The van der Waals surface area contributed by atoms with E-state index < -0.39 is 0 Å². The molecule has 0 unspecified atom stereocenters. The van der Waals surface area contributed by atoms with E-state index in [-0.39, 0.29) is 11.6 Å². The van der Waals surface area contributed by atoms with Crippen molar-refractivity contribution in [3.63, 3.8) is 0 Å². The van der Waals surface area contributed by atoms with Gasteiger partial charge in [-0.2, -0.15) is 4.52 Å². The van der Waals surface area contributed by atoms with Crippen LogP contribution in [0.25, 0.3) is 16.6 Å². The minimum Gasteiger partial charge on any atom is -0.383 e. The number of rotatable bonds is 8. The highest BCUT2D eigenvalue weighted by Crippen LogP contribution is 2.29. The molecule has 0 aliphatic rings. The molecule has 10 nitrogen and oxygen atoms in total. The molecule has 0 bridgehead atoms. The Hall–Kier alpha value is -2.98. The van der Waals surface area contributed by atoms with E-state index in [1.807, 2.05) is 9.20 Å². The molecule has 0 saturated carbocycles. The molecular formula is C22H31N9O. The molecule has 3 aromatic heterocycles. The van der Waals surface area contributed by atoms with Gasteiger partial charge in [0.05, 0.1) is 23.7 Å². The number of para-hydroxylation sites is 1. The summed E-state index contributed by atoms with van der Waals surface area (Å²) in [6, 6.07) is 8.45. The van der Waals surface area contributed by atoms with Crippen molar-refractivity contribution in [2.45, 2.75) is 59.2 Å². The lowest BCUT2D eigenvalue weighted by atomic mass is 10.1. The van der Waals surface area contributed by atoms with Crippen LogP contribution in [0, 0.1) is 6.92 Å². The number of fused-ring (bicyclic) bond motifs is 3. The number of hydrogen-bond donors (Lipinski definition) is 0. The van der Waals surface area contributed by atoms with Gasteiger partial charge in [0.25, 0.3) is 0 Å². The van der Waals surface area contributed by atoms with E-state index in [1.165, 1.54) is 0 Å². The van der Waals surface area contributed by atoms with Crippen LogP contribution in [0.4, 0.5) is 0 Å². The Morgan fingerprint density at radius 2 is 1.91 bits per heavy atom. The van der Waals surface area contributed by atoms with Gasteiger partial charge in [-0.1, -0.05) is 25.1 Å². The number of hydrogen-bond acceptors (Lipinski definition) is 8. The average molecular weight is 438 g/mol. The predicted molar refractivity (Wildman–Crippen MR) is 121 cm³/mol. The van der Waals surface area contributed by atoms with Crippen molar-refractivity contribution in [1.82, 2.24) is 45.1 Å². The second-order valence-corrected chi connectivity index (χ2v) is 9.10. The fraction of sp³-hybridized carbons (Fsp3) is 0.545. The van der Waals surface area contributed by atoms with Crippen molar-refractivity contribution in [2.75, 3.05) is 20.3 Å². The Labute approximate surface area is 187 Å². The summed E-state index contributed by atoms with van der Waals surface area (Å²) in [7, 11) is 1.72. The van der Waals surface area contributed by atoms with E-state index in [0.29, 0.717) is 13.2 Å². The van der Waals surface area contributed by atoms with Crippen LogP contribution in [0.5, 0.6) is 0 Å². The first-order valence-electron chi connectivity index (χ1n) is 11.0. The number of nitrogens with zero attached hydrogens (tertiary/aromatic N) is 9. The number of benzene rings is 1. The molecule has 0 aliphatic heterocycles. The minimum atomic E-state index is -0.218. The van der Waals surface area contributed by atoms with E-state index in [4.69, 9.17) is 4.74 Å². The zero-order valence-corrected chi connectivity index (χ0v) is 19.6. The fourth-order valence-electron chi connectivity index (χ4n) is 4.25. The average Bonchev–Trinajstić information content (AvgIpc) is 3.42. The third-order valence-electron chi connectivity index (χ3n) is 5.78. The summed E-state index contributed by atoms with van der Waals surface area (Å²) >= 11 is 0. The Bertz CT molecular complexity index is 1210. The van der Waals surface area contributed by atoms with Gasteiger partial charge in [-0.3, -0.25) is 4.90 Å². The van der Waals surface area contributed by atoms with Gasteiger partial charge in [0, 0.05) is 31.1 Å². The second-order valence-electron chi connectivity index (χ2n) is 9.10. The Kier molecular flexibility index (Phi) is 6.16. The van der Waals surface area contributed by atoms with Crippen LogP contribution in [0.2, 0.25) is 0 Å². The smallest absolute Gasteiger partial charge is 0.184 e. The second kappa shape index (κ2) is 8.87. The topological polar surface area (TPSA) is 99.2 Å². The van der Waals surface area contributed by atoms with Gasteiger partial charge in [-0.05, 0) is 66.6 Å². The highest BCUT2D eigenvalue weighted by Gasteiger charge is 2.29. The molecule has 0 radical (unpaired) electrons. The maximum Gasteiger partial charge on any atom is 0.184 e. The minimum absolute atomic E-state index is 0.0171. The van der Waals surface area contributed by atoms with Gasteiger partial charge in [0.15, 0.2) is 11.5 Å². The van der Waals surface area contributed by atoms with Gasteiger partial charge in [-0.15, -0.1) is 10.2 Å². The summed E-state index contributed by atoms with van der Waals surface area (Å²) in [6.07, 6.45) is 0.855. The van der Waals surface area contributed by atoms with Crippen LogP contribution in [0.1, 0.15) is 57.1 Å². The van der Waals surface area contributed by atoms with Crippen LogP contribution in [0.15, 0.2) is 24.3 Å². The number of pyridine rings is 1. The Morgan fingerprint density at radius 1 is 1.12 bits per heavy atom. The quantitative estimate of drug-likeness (QED) is 0.415. The molecule has 3 heterocycles. The SMILES string of the molecule is CC[C@H](c1nnnn1C(C)(C)C)N(CCOC)Cc1cc2cccc(C)c2n2nnnc12. The summed E-state index contributed by atoms with van der Waals surface area (Å²) in [5.41, 5.74) is 3.77. The van der Waals surface area contributed by atoms with Crippen LogP contribution < -0.4 is 0 Å². The van der Waals surface area contributed by atoms with Crippen molar-refractivity contribution in [1.29, 1.82) is 0 Å². The lowest BCUT2D eigenvalue weighted by Crippen LogP contribution is -2.36. The molecule has 10 heteroatoms. The molecule has 170 valence electrons. The lowest BCUT2D eigenvalue weighted by Gasteiger charge is -2.32. The number of aryl methyl sites for hydroxylation is 1. The molecule has 0 spiro atoms. The molecule has 1 aromatic carbocycles. The van der Waals surface area contributed by atoms with Gasteiger partial charge >= 0.3 is 0 Å². The monoisotopic (exact) mass is 437 g/mol. The number of ether oxygens (including phenoxy) is 1. The van der Waals surface area contributed by atoms with Crippen molar-refractivity contribution in [2.24, 2.45) is 0 Å². The van der Waals surface area contributed by atoms with E-state index >= 15 is 0 Å². The van der Waals surface area contributed by atoms with Crippen LogP contribution >= 0.6 is 0 Å². The first-order valence-corrected chi connectivity index (χ1v) is 11.0. The number of tetrazole rings is 2. The zero-order chi connectivity index (χ0) is 22.9. The van der Waals surface area contributed by atoms with E-state index in [9.17, 15) is 0 Å². The van der Waals surface area contributed by atoms with Gasteiger partial charge in [-0.25, -0.2) is 4.68 Å². The molecule has 0 aliphatic carbocycles. The first kappa shape index (κ1) is 22.2. The largest absolute Gasteiger partial charge is 0.383 e. The van der Waals surface area contributed by atoms with Crippen molar-refractivity contribution in [3.8, 4) is 0 Å². The van der Waals surface area contributed by atoms with E-state index in [2.05, 4.69) is 94.8 Å². The van der Waals surface area contributed by atoms with Gasteiger partial charge in [0.1, 0.15) is 0 Å². The number of aromatic nitrogens is 8. The Morgan fingerprint density at radius 3 is 2.62 bits per heavy atom. The summed E-state index contributed by atoms with van der Waals surface area (Å²) in [5.74, 6) is 0.850. The zero-order valence-electron chi connectivity index (χ0n) is 19.6. The molecule has 32 heavy (non-hydrogen) atoms. The molecule has 0 saturated heterocycles. The standard InChI is InChI=1S/C22H31N9O/c1-7-18(21-24-26-28-31(21)22(3,4)5)29(11-12-32-6)14-17-13-16-10-8-9-15(2)19(16)30-20(17)23-25-27-30/h8-10,13,18H,7,11-12,14H2,1-6H3/t18-/m1/s1. The predicted octanol–water partition coefficient (Wildman–Crippen LogP) is 2.93. The fourth-order valence-corrected chi connectivity index (χ4v) is 4.25.